The molecule has 0 saturated heterocycles. The van der Waals surface area contributed by atoms with Crippen LogP contribution in [0.25, 0.3) is 11.5 Å². The number of benzene rings is 2. The van der Waals surface area contributed by atoms with Gasteiger partial charge >= 0.3 is 0 Å². The average molecular weight is 367 g/mol. The van der Waals surface area contributed by atoms with E-state index in [2.05, 4.69) is 26.1 Å². The highest BCUT2D eigenvalue weighted by Gasteiger charge is 2.10. The molecule has 0 bridgehead atoms. The molecule has 0 saturated carbocycles. The van der Waals surface area contributed by atoms with Gasteiger partial charge in [-0.25, -0.2) is 8.78 Å². The van der Waals surface area contributed by atoms with Crippen LogP contribution in [0.2, 0.25) is 0 Å². The fraction of sp³-hybridized carbons (Fsp3) is 0.0667. The molecule has 4 nitrogen and oxygen atoms in total. The van der Waals surface area contributed by atoms with E-state index in [0.29, 0.717) is 21.6 Å². The lowest BCUT2D eigenvalue weighted by molar-refractivity contribution is 0.285. The number of halogens is 3. The van der Waals surface area contributed by atoms with Crippen molar-refractivity contribution in [2.75, 3.05) is 0 Å². The SMILES string of the molecule is Fc1ccc(-c2nc(COc3ccc(F)cc3Br)no2)cc1. The summed E-state index contributed by atoms with van der Waals surface area (Å²) in [5, 5.41) is 3.78. The second-order valence-electron chi connectivity index (χ2n) is 4.39. The van der Waals surface area contributed by atoms with Crippen LogP contribution in [-0.4, -0.2) is 10.1 Å². The van der Waals surface area contributed by atoms with Crippen LogP contribution in [0.3, 0.4) is 0 Å². The van der Waals surface area contributed by atoms with Gasteiger partial charge in [0, 0.05) is 5.56 Å². The molecule has 0 atom stereocenters. The molecule has 0 amide bonds. The van der Waals surface area contributed by atoms with E-state index in [-0.39, 0.29) is 24.1 Å². The van der Waals surface area contributed by atoms with Gasteiger partial charge in [-0.15, -0.1) is 0 Å². The lowest BCUT2D eigenvalue weighted by Gasteiger charge is -2.05. The molecule has 3 aromatic rings. The van der Waals surface area contributed by atoms with Gasteiger partial charge in [0.25, 0.3) is 5.89 Å². The summed E-state index contributed by atoms with van der Waals surface area (Å²) in [6.45, 7) is 0.0644. The molecule has 22 heavy (non-hydrogen) atoms. The first-order valence-corrected chi connectivity index (χ1v) is 7.07. The van der Waals surface area contributed by atoms with Crippen molar-refractivity contribution in [1.82, 2.24) is 10.1 Å². The molecule has 0 N–H and O–H groups in total. The Morgan fingerprint density at radius 2 is 1.77 bits per heavy atom. The highest BCUT2D eigenvalue weighted by Crippen LogP contribution is 2.26. The van der Waals surface area contributed by atoms with E-state index in [1.54, 1.807) is 12.1 Å². The molecule has 112 valence electrons. The highest BCUT2D eigenvalue weighted by atomic mass is 79.9. The van der Waals surface area contributed by atoms with Crippen LogP contribution in [0.1, 0.15) is 5.82 Å². The Morgan fingerprint density at radius 1 is 1.05 bits per heavy atom. The lowest BCUT2D eigenvalue weighted by atomic mass is 10.2. The van der Waals surface area contributed by atoms with E-state index in [9.17, 15) is 8.78 Å². The van der Waals surface area contributed by atoms with Gasteiger partial charge in [0.05, 0.1) is 4.47 Å². The molecule has 1 heterocycles. The standard InChI is InChI=1S/C15H9BrF2N2O2/c16-12-7-11(18)5-6-13(12)21-8-14-19-15(22-20-14)9-1-3-10(17)4-2-9/h1-7H,8H2. The van der Waals surface area contributed by atoms with Crippen molar-refractivity contribution in [2.24, 2.45) is 0 Å². The van der Waals surface area contributed by atoms with E-state index in [0.717, 1.165) is 0 Å². The minimum atomic E-state index is -0.364. The maximum Gasteiger partial charge on any atom is 0.258 e. The predicted molar refractivity (Wildman–Crippen MR) is 78.1 cm³/mol. The van der Waals surface area contributed by atoms with Crippen LogP contribution in [0.5, 0.6) is 5.75 Å². The topological polar surface area (TPSA) is 48.2 Å². The fourth-order valence-electron chi connectivity index (χ4n) is 1.76. The van der Waals surface area contributed by atoms with Gasteiger partial charge in [0.2, 0.25) is 5.82 Å². The maximum absolute atomic E-state index is 13.0. The average Bonchev–Trinajstić information content (AvgIpc) is 2.96. The number of ether oxygens (including phenoxy) is 1. The number of nitrogens with zero attached hydrogens (tertiary/aromatic N) is 2. The molecule has 0 aliphatic rings. The molecule has 0 aliphatic heterocycles. The summed E-state index contributed by atoms with van der Waals surface area (Å²) in [6.07, 6.45) is 0. The van der Waals surface area contributed by atoms with E-state index in [1.807, 2.05) is 0 Å². The summed E-state index contributed by atoms with van der Waals surface area (Å²) in [5.41, 5.74) is 0.614. The molecular weight excluding hydrogens is 358 g/mol. The van der Waals surface area contributed by atoms with Crippen LogP contribution < -0.4 is 4.74 Å². The second-order valence-corrected chi connectivity index (χ2v) is 5.24. The van der Waals surface area contributed by atoms with Crippen molar-refractivity contribution >= 4 is 15.9 Å². The first kappa shape index (κ1) is 14.6. The summed E-state index contributed by atoms with van der Waals surface area (Å²) < 4.78 is 36.9. The highest BCUT2D eigenvalue weighted by molar-refractivity contribution is 9.10. The summed E-state index contributed by atoms with van der Waals surface area (Å²) in [7, 11) is 0. The lowest BCUT2D eigenvalue weighted by Crippen LogP contribution is -1.98. The van der Waals surface area contributed by atoms with E-state index in [1.165, 1.54) is 30.3 Å². The quantitative estimate of drug-likeness (QED) is 0.688. The van der Waals surface area contributed by atoms with Gasteiger partial charge in [0.1, 0.15) is 17.4 Å². The largest absolute Gasteiger partial charge is 0.484 e. The molecule has 2 aromatic carbocycles. The monoisotopic (exact) mass is 366 g/mol. The summed E-state index contributed by atoms with van der Waals surface area (Å²) in [5.74, 6) is 0.368. The predicted octanol–water partition coefficient (Wildman–Crippen LogP) is 4.36. The van der Waals surface area contributed by atoms with Gasteiger partial charge in [-0.2, -0.15) is 4.98 Å². The van der Waals surface area contributed by atoms with Gasteiger partial charge in [-0.05, 0) is 58.4 Å². The van der Waals surface area contributed by atoms with Crippen molar-refractivity contribution in [3.63, 3.8) is 0 Å². The maximum atomic E-state index is 13.0. The van der Waals surface area contributed by atoms with Crippen LogP contribution in [0.4, 0.5) is 8.78 Å². The number of hydrogen-bond acceptors (Lipinski definition) is 4. The van der Waals surface area contributed by atoms with Crippen molar-refractivity contribution in [2.45, 2.75) is 6.61 Å². The van der Waals surface area contributed by atoms with Gasteiger partial charge in [-0.3, -0.25) is 0 Å². The third kappa shape index (κ3) is 3.30. The van der Waals surface area contributed by atoms with E-state index in [4.69, 9.17) is 9.26 Å². The number of aromatic nitrogens is 2. The zero-order valence-electron chi connectivity index (χ0n) is 11.1. The molecule has 7 heteroatoms. The van der Waals surface area contributed by atoms with Crippen molar-refractivity contribution in [1.29, 1.82) is 0 Å². The van der Waals surface area contributed by atoms with E-state index < -0.39 is 0 Å². The Kier molecular flexibility index (Phi) is 4.15. The van der Waals surface area contributed by atoms with Crippen LogP contribution in [0.15, 0.2) is 51.5 Å². The smallest absolute Gasteiger partial charge is 0.258 e. The normalized spacial score (nSPS) is 10.7. The zero-order chi connectivity index (χ0) is 15.5. The molecule has 1 aromatic heterocycles. The Hall–Kier alpha value is -2.28. The minimum Gasteiger partial charge on any atom is -0.484 e. The minimum absolute atomic E-state index is 0.0644. The van der Waals surface area contributed by atoms with Crippen LogP contribution >= 0.6 is 15.9 Å². The van der Waals surface area contributed by atoms with Gasteiger partial charge < -0.3 is 9.26 Å². The third-order valence-electron chi connectivity index (χ3n) is 2.81. The summed E-state index contributed by atoms with van der Waals surface area (Å²) >= 11 is 3.20. The molecule has 0 aliphatic carbocycles. The van der Waals surface area contributed by atoms with E-state index >= 15 is 0 Å². The Bertz CT molecular complexity index is 790. The van der Waals surface area contributed by atoms with Crippen molar-refractivity contribution in [3.05, 3.63) is 64.4 Å². The molecule has 0 radical (unpaired) electrons. The van der Waals surface area contributed by atoms with Crippen molar-refractivity contribution in [3.8, 4) is 17.2 Å². The Balaban J connectivity index is 1.70. The van der Waals surface area contributed by atoms with Crippen LogP contribution in [-0.2, 0) is 6.61 Å². The third-order valence-corrected chi connectivity index (χ3v) is 3.43. The molecule has 0 spiro atoms. The number of rotatable bonds is 4. The van der Waals surface area contributed by atoms with Gasteiger partial charge in [-0.1, -0.05) is 5.16 Å². The summed E-state index contributed by atoms with van der Waals surface area (Å²) in [6, 6.07) is 9.81. The Labute approximate surface area is 132 Å². The summed E-state index contributed by atoms with van der Waals surface area (Å²) in [4.78, 5) is 4.16. The molecule has 3 rings (SSSR count). The van der Waals surface area contributed by atoms with Crippen molar-refractivity contribution < 1.29 is 18.0 Å². The first-order chi connectivity index (χ1) is 10.6. The Morgan fingerprint density at radius 3 is 2.50 bits per heavy atom. The molecular formula is C15H9BrF2N2O2. The zero-order valence-corrected chi connectivity index (χ0v) is 12.7. The first-order valence-electron chi connectivity index (χ1n) is 6.28. The number of hydrogen-bond donors (Lipinski definition) is 0. The van der Waals surface area contributed by atoms with Crippen LogP contribution in [0, 0.1) is 11.6 Å². The second kappa shape index (κ2) is 6.23. The fourth-order valence-corrected chi connectivity index (χ4v) is 2.22. The van der Waals surface area contributed by atoms with Gasteiger partial charge in [0.15, 0.2) is 6.61 Å². The molecule has 0 fully saturated rings. The molecule has 0 unspecified atom stereocenters.